The molecule has 0 aliphatic carbocycles. The smallest absolute Gasteiger partial charge is 0.153 e. The van der Waals surface area contributed by atoms with E-state index in [1.807, 2.05) is 0 Å². The monoisotopic (exact) mass is 209 g/mol. The average molecular weight is 210 g/mol. The molecule has 1 aromatic carbocycles. The van der Waals surface area contributed by atoms with Crippen molar-refractivity contribution in [3.63, 3.8) is 0 Å². The first-order valence-electron chi connectivity index (χ1n) is 4.15. The molecule has 0 aliphatic rings. The third-order valence-corrected chi connectivity index (χ3v) is 1.98. The second kappa shape index (κ2) is 3.38. The Bertz CT molecular complexity index is 492. The number of Topliss-reactive ketones (excluding diaryl/α,β-unsaturated/α-hetero) is 1. The lowest BCUT2D eigenvalue weighted by atomic mass is 10.3. The minimum atomic E-state index is 0.0244. The van der Waals surface area contributed by atoms with Crippen molar-refractivity contribution in [2.24, 2.45) is 0 Å². The lowest BCUT2D eigenvalue weighted by Crippen LogP contribution is -2.08. The first kappa shape index (κ1) is 9.15. The van der Waals surface area contributed by atoms with E-state index in [2.05, 4.69) is 10.2 Å². The Morgan fingerprint density at radius 3 is 2.86 bits per heavy atom. The summed E-state index contributed by atoms with van der Waals surface area (Å²) >= 11 is 5.79. The largest absolute Gasteiger partial charge is 0.298 e. The van der Waals surface area contributed by atoms with Gasteiger partial charge in [0.05, 0.1) is 0 Å². The van der Waals surface area contributed by atoms with Crippen LogP contribution in [0, 0.1) is 0 Å². The first-order chi connectivity index (χ1) is 6.65. The molecule has 5 heteroatoms. The lowest BCUT2D eigenvalue weighted by molar-refractivity contribution is -0.117. The molecule has 0 spiro atoms. The number of rotatable bonds is 2. The molecule has 0 N–H and O–H groups in total. The maximum absolute atomic E-state index is 10.8. The van der Waals surface area contributed by atoms with Gasteiger partial charge < -0.3 is 0 Å². The van der Waals surface area contributed by atoms with Crippen molar-refractivity contribution in [2.75, 3.05) is 0 Å². The van der Waals surface area contributed by atoms with Crippen molar-refractivity contribution < 1.29 is 4.79 Å². The second-order valence-corrected chi connectivity index (χ2v) is 3.50. The zero-order chi connectivity index (χ0) is 10.1. The van der Waals surface area contributed by atoms with Crippen LogP contribution in [0.5, 0.6) is 0 Å². The van der Waals surface area contributed by atoms with E-state index in [-0.39, 0.29) is 12.3 Å². The maximum atomic E-state index is 10.8. The van der Waals surface area contributed by atoms with Gasteiger partial charge in [0.2, 0.25) is 0 Å². The molecule has 2 rings (SSSR count). The minimum Gasteiger partial charge on any atom is -0.298 e. The lowest BCUT2D eigenvalue weighted by Gasteiger charge is -1.91. The van der Waals surface area contributed by atoms with Crippen LogP contribution in [0.1, 0.15) is 6.92 Å². The average Bonchev–Trinajstić information content (AvgIpc) is 2.44. The van der Waals surface area contributed by atoms with Crippen molar-refractivity contribution in [2.45, 2.75) is 13.5 Å². The molecule has 0 aliphatic heterocycles. The van der Waals surface area contributed by atoms with Crippen LogP contribution in [0.3, 0.4) is 0 Å². The van der Waals surface area contributed by atoms with E-state index in [0.29, 0.717) is 10.5 Å². The maximum Gasteiger partial charge on any atom is 0.153 e. The molecule has 14 heavy (non-hydrogen) atoms. The Hall–Kier alpha value is -1.42. The predicted molar refractivity (Wildman–Crippen MR) is 53.2 cm³/mol. The van der Waals surface area contributed by atoms with E-state index in [4.69, 9.17) is 11.6 Å². The molecule has 4 nitrogen and oxygen atoms in total. The van der Waals surface area contributed by atoms with Crippen molar-refractivity contribution in [3.05, 3.63) is 23.2 Å². The molecule has 2 aromatic rings. The van der Waals surface area contributed by atoms with Crippen LogP contribution in [0.25, 0.3) is 11.0 Å². The minimum absolute atomic E-state index is 0.0244. The Balaban J connectivity index is 2.46. The van der Waals surface area contributed by atoms with Crippen LogP contribution in [0.4, 0.5) is 0 Å². The van der Waals surface area contributed by atoms with Gasteiger partial charge in [0.15, 0.2) is 5.78 Å². The summed E-state index contributed by atoms with van der Waals surface area (Å²) in [5.41, 5.74) is 1.45. The summed E-state index contributed by atoms with van der Waals surface area (Å²) in [6, 6.07) is 5.25. The van der Waals surface area contributed by atoms with Crippen molar-refractivity contribution in [1.29, 1.82) is 0 Å². The van der Waals surface area contributed by atoms with E-state index in [0.717, 1.165) is 5.52 Å². The number of carbonyl (C=O) groups is 1. The Kier molecular flexibility index (Phi) is 2.21. The molecule has 1 aromatic heterocycles. The third-order valence-electron chi connectivity index (χ3n) is 1.75. The predicted octanol–water partition coefficient (Wildman–Crippen LogP) is 1.67. The highest BCUT2D eigenvalue weighted by Crippen LogP contribution is 2.15. The fourth-order valence-electron chi connectivity index (χ4n) is 1.20. The first-order valence-corrected chi connectivity index (χ1v) is 4.53. The molecule has 72 valence electrons. The van der Waals surface area contributed by atoms with Crippen LogP contribution in [-0.4, -0.2) is 20.8 Å². The van der Waals surface area contributed by atoms with Gasteiger partial charge in [-0.2, -0.15) is 15.0 Å². The summed E-state index contributed by atoms with van der Waals surface area (Å²) in [4.78, 5) is 12.2. The van der Waals surface area contributed by atoms with Gasteiger partial charge >= 0.3 is 0 Å². The zero-order valence-corrected chi connectivity index (χ0v) is 8.32. The highest BCUT2D eigenvalue weighted by atomic mass is 35.5. The normalized spacial score (nSPS) is 10.7. The van der Waals surface area contributed by atoms with Crippen LogP contribution in [0.15, 0.2) is 18.2 Å². The van der Waals surface area contributed by atoms with E-state index >= 15 is 0 Å². The van der Waals surface area contributed by atoms with Crippen molar-refractivity contribution in [1.82, 2.24) is 15.0 Å². The van der Waals surface area contributed by atoms with Crippen LogP contribution < -0.4 is 0 Å². The summed E-state index contributed by atoms with van der Waals surface area (Å²) in [6.45, 7) is 1.70. The number of halogens is 1. The number of benzene rings is 1. The fraction of sp³-hybridized carbons (Fsp3) is 0.222. The quantitative estimate of drug-likeness (QED) is 0.756. The van der Waals surface area contributed by atoms with E-state index in [9.17, 15) is 4.79 Å². The summed E-state index contributed by atoms with van der Waals surface area (Å²) in [7, 11) is 0. The summed E-state index contributed by atoms with van der Waals surface area (Å²) in [5.74, 6) is 0.0244. The Morgan fingerprint density at radius 2 is 2.14 bits per heavy atom. The number of hydrogen-bond donors (Lipinski definition) is 0. The molecule has 0 fully saturated rings. The molecular weight excluding hydrogens is 202 g/mol. The van der Waals surface area contributed by atoms with Crippen molar-refractivity contribution in [3.8, 4) is 0 Å². The van der Waals surface area contributed by atoms with Gasteiger partial charge in [-0.15, -0.1) is 0 Å². The molecule has 0 saturated carbocycles. The Labute approximate surface area is 85.5 Å². The highest BCUT2D eigenvalue weighted by molar-refractivity contribution is 6.31. The molecule has 0 amide bonds. The fourth-order valence-corrected chi connectivity index (χ4v) is 1.37. The Morgan fingerprint density at radius 1 is 1.43 bits per heavy atom. The zero-order valence-electron chi connectivity index (χ0n) is 7.57. The van der Waals surface area contributed by atoms with E-state index < -0.39 is 0 Å². The van der Waals surface area contributed by atoms with Gasteiger partial charge in [-0.1, -0.05) is 11.6 Å². The number of ketones is 1. The van der Waals surface area contributed by atoms with Gasteiger partial charge in [0.25, 0.3) is 0 Å². The van der Waals surface area contributed by atoms with Gasteiger partial charge in [-0.25, -0.2) is 0 Å². The SMILES string of the molecule is CC(=O)Cn1nc2ccc(Cl)cc2n1. The number of aromatic nitrogens is 3. The number of hydrogen-bond acceptors (Lipinski definition) is 3. The van der Waals surface area contributed by atoms with Crippen molar-refractivity contribution >= 4 is 28.4 Å². The highest BCUT2D eigenvalue weighted by Gasteiger charge is 2.04. The van der Waals surface area contributed by atoms with Crippen LogP contribution >= 0.6 is 11.6 Å². The third kappa shape index (κ3) is 1.75. The molecular formula is C9H8ClN3O. The summed E-state index contributed by atoms with van der Waals surface area (Å²) in [5, 5.41) is 8.85. The topological polar surface area (TPSA) is 47.8 Å². The summed E-state index contributed by atoms with van der Waals surface area (Å²) in [6.07, 6.45) is 0. The molecule has 0 saturated heterocycles. The molecule has 1 heterocycles. The summed E-state index contributed by atoms with van der Waals surface area (Å²) < 4.78 is 0. The van der Waals surface area contributed by atoms with Crippen LogP contribution in [0.2, 0.25) is 5.02 Å². The molecule has 0 atom stereocenters. The van der Waals surface area contributed by atoms with Gasteiger partial charge in [0, 0.05) is 5.02 Å². The number of nitrogens with zero attached hydrogens (tertiary/aromatic N) is 3. The van der Waals surface area contributed by atoms with Gasteiger partial charge in [0.1, 0.15) is 17.6 Å². The van der Waals surface area contributed by atoms with E-state index in [1.54, 1.807) is 18.2 Å². The molecule has 0 bridgehead atoms. The molecule has 0 radical (unpaired) electrons. The van der Waals surface area contributed by atoms with Gasteiger partial charge in [-0.3, -0.25) is 4.79 Å². The van der Waals surface area contributed by atoms with E-state index in [1.165, 1.54) is 11.7 Å². The number of fused-ring (bicyclic) bond motifs is 1. The van der Waals surface area contributed by atoms with Gasteiger partial charge in [-0.05, 0) is 25.1 Å². The molecule has 0 unspecified atom stereocenters. The van der Waals surface area contributed by atoms with Crippen LogP contribution in [-0.2, 0) is 11.3 Å². The standard InChI is InChI=1S/C9H8ClN3O/c1-6(14)5-13-11-8-3-2-7(10)4-9(8)12-13/h2-4H,5H2,1H3. The second-order valence-electron chi connectivity index (χ2n) is 3.07. The number of carbonyl (C=O) groups excluding carboxylic acids is 1.